The van der Waals surface area contributed by atoms with Gasteiger partial charge < -0.3 is 9.84 Å². The summed E-state index contributed by atoms with van der Waals surface area (Å²) in [5.74, 6) is -2.01. The largest absolute Gasteiger partial charge is 0.496 e. The second-order valence-electron chi connectivity index (χ2n) is 4.74. The number of benzene rings is 2. The van der Waals surface area contributed by atoms with Gasteiger partial charge in [-0.2, -0.15) is 0 Å². The van der Waals surface area contributed by atoms with Gasteiger partial charge in [0, 0.05) is 17.7 Å². The Bertz CT molecular complexity index is 731. The first-order valence-electron chi connectivity index (χ1n) is 6.47. The molecule has 0 aromatic heterocycles. The lowest BCUT2D eigenvalue weighted by atomic mass is 9.98. The summed E-state index contributed by atoms with van der Waals surface area (Å²) in [4.78, 5) is 10.8. The summed E-state index contributed by atoms with van der Waals surface area (Å²) in [7, 11) is 1.45. The molecule has 3 nitrogen and oxygen atoms in total. The van der Waals surface area contributed by atoms with Gasteiger partial charge in [0.05, 0.1) is 7.11 Å². The number of carboxylic acid groups (broad SMARTS) is 1. The van der Waals surface area contributed by atoms with E-state index in [2.05, 4.69) is 0 Å². The highest BCUT2D eigenvalue weighted by Gasteiger charge is 2.11. The molecule has 0 spiro atoms. The summed E-state index contributed by atoms with van der Waals surface area (Å²) in [6.45, 7) is 1.64. The zero-order chi connectivity index (χ0) is 16.3. The Morgan fingerprint density at radius 2 is 1.77 bits per heavy atom. The van der Waals surface area contributed by atoms with E-state index in [0.29, 0.717) is 28.0 Å². The SMILES string of the molecule is COc1ccc(/C(C)=C/C(=O)O)cc1-c1cc(F)cc(F)c1. The maximum absolute atomic E-state index is 13.4. The van der Waals surface area contributed by atoms with Crippen LogP contribution in [0.25, 0.3) is 16.7 Å². The summed E-state index contributed by atoms with van der Waals surface area (Å²) in [5, 5.41) is 8.80. The molecule has 2 rings (SSSR count). The van der Waals surface area contributed by atoms with Gasteiger partial charge >= 0.3 is 5.97 Å². The van der Waals surface area contributed by atoms with Crippen LogP contribution in [0.2, 0.25) is 0 Å². The van der Waals surface area contributed by atoms with E-state index >= 15 is 0 Å². The van der Waals surface area contributed by atoms with E-state index in [1.807, 2.05) is 0 Å². The smallest absolute Gasteiger partial charge is 0.328 e. The van der Waals surface area contributed by atoms with Gasteiger partial charge in [-0.15, -0.1) is 0 Å². The molecule has 114 valence electrons. The molecule has 0 heterocycles. The number of hydrogen-bond donors (Lipinski definition) is 1. The fraction of sp³-hybridized carbons (Fsp3) is 0.118. The minimum atomic E-state index is -1.06. The molecule has 0 aliphatic heterocycles. The monoisotopic (exact) mass is 304 g/mol. The van der Waals surface area contributed by atoms with Crippen LogP contribution in [-0.2, 0) is 4.79 Å². The van der Waals surface area contributed by atoms with Gasteiger partial charge in [-0.25, -0.2) is 13.6 Å². The Labute approximate surface area is 126 Å². The van der Waals surface area contributed by atoms with E-state index in [1.54, 1.807) is 25.1 Å². The van der Waals surface area contributed by atoms with E-state index in [1.165, 1.54) is 19.2 Å². The summed E-state index contributed by atoms with van der Waals surface area (Å²) in [6, 6.07) is 8.14. The lowest BCUT2D eigenvalue weighted by molar-refractivity contribution is -0.131. The fourth-order valence-corrected chi connectivity index (χ4v) is 2.16. The van der Waals surface area contributed by atoms with Gasteiger partial charge in [-0.1, -0.05) is 6.07 Å². The molecule has 5 heteroatoms. The standard InChI is InChI=1S/C17H14F2O3/c1-10(5-17(20)21)11-3-4-16(22-2)15(8-11)12-6-13(18)9-14(19)7-12/h3-9H,1-2H3,(H,20,21)/b10-5+. The highest BCUT2D eigenvalue weighted by atomic mass is 19.1. The maximum Gasteiger partial charge on any atom is 0.328 e. The van der Waals surface area contributed by atoms with Gasteiger partial charge in [-0.3, -0.25) is 0 Å². The molecule has 2 aromatic carbocycles. The van der Waals surface area contributed by atoms with Crippen molar-refractivity contribution in [3.05, 3.63) is 59.7 Å². The molecule has 0 radical (unpaired) electrons. The number of rotatable bonds is 4. The number of halogens is 2. The Kier molecular flexibility index (Phi) is 4.56. The van der Waals surface area contributed by atoms with Crippen molar-refractivity contribution in [2.45, 2.75) is 6.92 Å². The van der Waals surface area contributed by atoms with E-state index < -0.39 is 17.6 Å². The van der Waals surface area contributed by atoms with E-state index in [4.69, 9.17) is 9.84 Å². The average Bonchev–Trinajstić information content (AvgIpc) is 2.44. The second-order valence-corrected chi connectivity index (χ2v) is 4.74. The summed E-state index contributed by atoms with van der Waals surface area (Å²) in [6.07, 6.45) is 1.07. The third kappa shape index (κ3) is 3.49. The Morgan fingerprint density at radius 1 is 1.14 bits per heavy atom. The highest BCUT2D eigenvalue weighted by Crippen LogP contribution is 2.33. The zero-order valence-electron chi connectivity index (χ0n) is 12.1. The molecule has 0 bridgehead atoms. The van der Waals surface area contributed by atoms with Crippen molar-refractivity contribution in [1.82, 2.24) is 0 Å². The molecule has 1 N–H and O–H groups in total. The van der Waals surface area contributed by atoms with Crippen molar-refractivity contribution in [3.8, 4) is 16.9 Å². The van der Waals surface area contributed by atoms with E-state index in [-0.39, 0.29) is 0 Å². The number of methoxy groups -OCH3 is 1. The minimum Gasteiger partial charge on any atom is -0.496 e. The molecular formula is C17H14F2O3. The number of hydrogen-bond acceptors (Lipinski definition) is 2. The van der Waals surface area contributed by atoms with Gasteiger partial charge in [0.15, 0.2) is 0 Å². The van der Waals surface area contributed by atoms with Gasteiger partial charge in [0.25, 0.3) is 0 Å². The first-order valence-corrected chi connectivity index (χ1v) is 6.47. The molecule has 0 saturated carbocycles. The lowest BCUT2D eigenvalue weighted by Crippen LogP contribution is -1.94. The lowest BCUT2D eigenvalue weighted by Gasteiger charge is -2.12. The highest BCUT2D eigenvalue weighted by molar-refractivity contribution is 5.90. The van der Waals surface area contributed by atoms with E-state index in [0.717, 1.165) is 12.1 Å². The van der Waals surface area contributed by atoms with Gasteiger partial charge in [0.2, 0.25) is 0 Å². The van der Waals surface area contributed by atoms with Crippen LogP contribution in [-0.4, -0.2) is 18.2 Å². The van der Waals surface area contributed by atoms with Gasteiger partial charge in [-0.05, 0) is 47.9 Å². The number of ether oxygens (including phenoxy) is 1. The Hall–Kier alpha value is -2.69. The second kappa shape index (κ2) is 6.39. The van der Waals surface area contributed by atoms with Crippen LogP contribution in [0, 0.1) is 11.6 Å². The zero-order valence-corrected chi connectivity index (χ0v) is 12.1. The predicted molar refractivity (Wildman–Crippen MR) is 79.6 cm³/mol. The third-order valence-corrected chi connectivity index (χ3v) is 3.17. The first kappa shape index (κ1) is 15.7. The molecule has 0 unspecified atom stereocenters. The third-order valence-electron chi connectivity index (χ3n) is 3.17. The van der Waals surface area contributed by atoms with Crippen LogP contribution in [0.4, 0.5) is 8.78 Å². The van der Waals surface area contributed by atoms with Crippen LogP contribution in [0.5, 0.6) is 5.75 Å². The maximum atomic E-state index is 13.4. The van der Waals surface area contributed by atoms with Crippen LogP contribution >= 0.6 is 0 Å². The Morgan fingerprint density at radius 3 is 2.32 bits per heavy atom. The van der Waals surface area contributed by atoms with Crippen molar-refractivity contribution in [2.75, 3.05) is 7.11 Å². The van der Waals surface area contributed by atoms with Crippen LogP contribution < -0.4 is 4.74 Å². The Balaban J connectivity index is 2.60. The van der Waals surface area contributed by atoms with Crippen LogP contribution in [0.3, 0.4) is 0 Å². The molecule has 0 saturated heterocycles. The van der Waals surface area contributed by atoms with Crippen molar-refractivity contribution in [3.63, 3.8) is 0 Å². The molecule has 0 amide bonds. The van der Waals surface area contributed by atoms with E-state index in [9.17, 15) is 13.6 Å². The molecule has 0 fully saturated rings. The number of carbonyl (C=O) groups is 1. The summed E-state index contributed by atoms with van der Waals surface area (Å²) < 4.78 is 32.0. The number of allylic oxidation sites excluding steroid dienone is 1. The average molecular weight is 304 g/mol. The molecule has 22 heavy (non-hydrogen) atoms. The first-order chi connectivity index (χ1) is 10.4. The number of aliphatic carboxylic acids is 1. The summed E-state index contributed by atoms with van der Waals surface area (Å²) in [5.41, 5.74) is 1.95. The minimum absolute atomic E-state index is 0.319. The molecule has 0 aliphatic carbocycles. The molecular weight excluding hydrogens is 290 g/mol. The predicted octanol–water partition coefficient (Wildman–Crippen LogP) is 4.13. The topological polar surface area (TPSA) is 46.5 Å². The molecule has 0 atom stereocenters. The van der Waals surface area contributed by atoms with Crippen LogP contribution in [0.1, 0.15) is 12.5 Å². The van der Waals surface area contributed by atoms with Crippen molar-refractivity contribution >= 4 is 11.5 Å². The van der Waals surface area contributed by atoms with Crippen molar-refractivity contribution in [1.29, 1.82) is 0 Å². The fourth-order valence-electron chi connectivity index (χ4n) is 2.16. The number of carboxylic acids is 1. The summed E-state index contributed by atoms with van der Waals surface area (Å²) >= 11 is 0. The molecule has 0 aliphatic rings. The van der Waals surface area contributed by atoms with Crippen molar-refractivity contribution < 1.29 is 23.4 Å². The van der Waals surface area contributed by atoms with Crippen LogP contribution in [0.15, 0.2) is 42.5 Å². The normalized spacial score (nSPS) is 11.4. The molecule has 2 aromatic rings. The quantitative estimate of drug-likeness (QED) is 0.864. The van der Waals surface area contributed by atoms with Gasteiger partial charge in [0.1, 0.15) is 17.4 Å². The van der Waals surface area contributed by atoms with Crippen molar-refractivity contribution in [2.24, 2.45) is 0 Å².